The predicted molar refractivity (Wildman–Crippen MR) is 119 cm³/mol. The summed E-state index contributed by atoms with van der Waals surface area (Å²) >= 11 is 1.09. The van der Waals surface area contributed by atoms with Gasteiger partial charge in [0.2, 0.25) is 0 Å². The van der Waals surface area contributed by atoms with Crippen LogP contribution < -0.4 is 15.2 Å². The second-order valence-corrected chi connectivity index (χ2v) is 8.38. The minimum absolute atomic E-state index is 0.0535. The van der Waals surface area contributed by atoms with Crippen molar-refractivity contribution in [3.63, 3.8) is 0 Å². The van der Waals surface area contributed by atoms with E-state index in [1.807, 2.05) is 0 Å². The number of nitrogens with zero attached hydrogens (tertiary/aromatic N) is 3. The van der Waals surface area contributed by atoms with Gasteiger partial charge in [0.05, 0.1) is 30.0 Å². The van der Waals surface area contributed by atoms with Crippen molar-refractivity contribution in [1.82, 2.24) is 9.55 Å². The third kappa shape index (κ3) is 3.46. The molecule has 32 heavy (non-hydrogen) atoms. The zero-order chi connectivity index (χ0) is 23.2. The Bertz CT molecular complexity index is 1330. The van der Waals surface area contributed by atoms with Crippen LogP contribution in [0.2, 0.25) is 0 Å². The first kappa shape index (κ1) is 21.7. The minimum Gasteiger partial charge on any atom is -0.482 e. The summed E-state index contributed by atoms with van der Waals surface area (Å²) in [6, 6.07) is 3.97. The molecule has 0 spiro atoms. The molecule has 3 heterocycles. The predicted octanol–water partition coefficient (Wildman–Crippen LogP) is 2.74. The fraction of sp³-hybridized carbons (Fsp3) is 0.318. The number of ketones is 1. The van der Waals surface area contributed by atoms with Crippen LogP contribution in [0.15, 0.2) is 29.3 Å². The largest absolute Gasteiger partial charge is 0.482 e. The molecule has 2 aromatic heterocycles. The molecule has 1 atom stereocenters. The third-order valence-corrected chi connectivity index (χ3v) is 6.64. The Kier molecular flexibility index (Phi) is 5.55. The lowest BCUT2D eigenvalue weighted by molar-refractivity contribution is -0.121. The number of anilines is 1. The highest BCUT2D eigenvalue weighted by Gasteiger charge is 2.27. The van der Waals surface area contributed by atoms with Crippen molar-refractivity contribution < 1.29 is 23.9 Å². The molecule has 1 aliphatic rings. The van der Waals surface area contributed by atoms with E-state index in [0.29, 0.717) is 37.7 Å². The van der Waals surface area contributed by atoms with Crippen molar-refractivity contribution in [3.8, 4) is 5.75 Å². The molecule has 0 radical (unpaired) electrons. The van der Waals surface area contributed by atoms with Crippen LogP contribution in [0.3, 0.4) is 0 Å². The molecule has 3 aromatic rings. The topological polar surface area (TPSA) is 108 Å². The highest BCUT2D eigenvalue weighted by Crippen LogP contribution is 2.33. The zero-order valence-electron chi connectivity index (χ0n) is 18.0. The Labute approximate surface area is 187 Å². The maximum absolute atomic E-state index is 13.2. The fourth-order valence-corrected chi connectivity index (χ4v) is 4.63. The lowest BCUT2D eigenvalue weighted by Crippen LogP contribution is -2.35. The first-order valence-corrected chi connectivity index (χ1v) is 10.8. The van der Waals surface area contributed by atoms with Gasteiger partial charge in [0.25, 0.3) is 11.5 Å². The molecular formula is C22H21N3O6S. The monoisotopic (exact) mass is 455 g/mol. The number of ether oxygens (including phenoxy) is 2. The molecule has 1 aliphatic heterocycles. The Morgan fingerprint density at radius 3 is 2.78 bits per heavy atom. The number of benzene rings is 1. The number of Topliss-reactive ketones (excluding diaryl/α,β-unsaturated/α-hetero) is 1. The molecule has 0 aliphatic carbocycles. The maximum Gasteiger partial charge on any atom is 0.348 e. The van der Waals surface area contributed by atoms with E-state index in [0.717, 1.165) is 11.3 Å². The van der Waals surface area contributed by atoms with E-state index in [-0.39, 0.29) is 24.9 Å². The quantitative estimate of drug-likeness (QED) is 0.430. The summed E-state index contributed by atoms with van der Waals surface area (Å²) in [5, 5.41) is 0.296. The molecule has 4 rings (SSSR count). The lowest BCUT2D eigenvalue weighted by Gasteiger charge is -2.26. The Balaban J connectivity index is 1.72. The number of aromatic nitrogens is 2. The third-order valence-electron chi connectivity index (χ3n) is 5.46. The summed E-state index contributed by atoms with van der Waals surface area (Å²) in [6.07, 6.45) is 1.31. The number of likely N-dealkylation sites (N-methyl/N-ethyl adjacent to an activating group) is 1. The van der Waals surface area contributed by atoms with Crippen molar-refractivity contribution in [2.45, 2.75) is 26.8 Å². The van der Waals surface area contributed by atoms with Crippen LogP contribution in [0.25, 0.3) is 10.2 Å². The van der Waals surface area contributed by atoms with Crippen molar-refractivity contribution in [2.75, 3.05) is 25.2 Å². The number of fused-ring (bicyclic) bond motifs is 2. The van der Waals surface area contributed by atoms with Crippen LogP contribution in [0.1, 0.15) is 45.5 Å². The van der Waals surface area contributed by atoms with E-state index >= 15 is 0 Å². The number of aryl methyl sites for hydroxylation is 1. The van der Waals surface area contributed by atoms with Gasteiger partial charge in [-0.2, -0.15) is 0 Å². The molecule has 0 saturated heterocycles. The molecule has 9 nitrogen and oxygen atoms in total. The number of hydrogen-bond acceptors (Lipinski definition) is 8. The van der Waals surface area contributed by atoms with Gasteiger partial charge in [-0.05, 0) is 44.5 Å². The van der Waals surface area contributed by atoms with Crippen LogP contribution in [0, 0.1) is 6.92 Å². The average molecular weight is 455 g/mol. The van der Waals surface area contributed by atoms with Gasteiger partial charge in [0, 0.05) is 12.6 Å². The SMILES string of the molecule is CCOC(=O)c1sc2ncn(C(C)C(=O)c3ccc4c(c3)N(C)C(=O)CO4)c(=O)c2c1C. The van der Waals surface area contributed by atoms with Gasteiger partial charge in [-0.3, -0.25) is 19.0 Å². The summed E-state index contributed by atoms with van der Waals surface area (Å²) in [7, 11) is 1.62. The molecule has 1 unspecified atom stereocenters. The Morgan fingerprint density at radius 2 is 2.06 bits per heavy atom. The first-order chi connectivity index (χ1) is 15.2. The number of carbonyl (C=O) groups is 3. The van der Waals surface area contributed by atoms with Crippen LogP contribution in [0.5, 0.6) is 5.75 Å². The smallest absolute Gasteiger partial charge is 0.348 e. The number of carbonyl (C=O) groups excluding carboxylic acids is 3. The van der Waals surface area contributed by atoms with Crippen LogP contribution in [-0.2, 0) is 9.53 Å². The minimum atomic E-state index is -0.853. The van der Waals surface area contributed by atoms with Gasteiger partial charge in [-0.1, -0.05) is 0 Å². The van der Waals surface area contributed by atoms with E-state index in [1.165, 1.54) is 15.8 Å². The van der Waals surface area contributed by atoms with Gasteiger partial charge in [0.15, 0.2) is 12.4 Å². The zero-order valence-corrected chi connectivity index (χ0v) is 18.8. The number of esters is 1. The Morgan fingerprint density at radius 1 is 1.31 bits per heavy atom. The van der Waals surface area contributed by atoms with Crippen LogP contribution >= 0.6 is 11.3 Å². The van der Waals surface area contributed by atoms with Crippen molar-refractivity contribution in [1.29, 1.82) is 0 Å². The Hall–Kier alpha value is -3.53. The standard InChI is InChI=1S/C22H21N3O6S/c1-5-30-22(29)19-11(2)17-20(32-19)23-10-25(21(17)28)12(3)18(27)13-6-7-15-14(8-13)24(4)16(26)9-31-15/h6-8,10,12H,5,9H2,1-4H3. The van der Waals surface area contributed by atoms with Gasteiger partial charge in [-0.15, -0.1) is 11.3 Å². The van der Waals surface area contributed by atoms with Gasteiger partial charge >= 0.3 is 5.97 Å². The highest BCUT2D eigenvalue weighted by molar-refractivity contribution is 7.20. The second kappa shape index (κ2) is 8.19. The molecule has 166 valence electrons. The van der Waals surface area contributed by atoms with E-state index in [4.69, 9.17) is 9.47 Å². The molecule has 10 heteroatoms. The highest BCUT2D eigenvalue weighted by atomic mass is 32.1. The van der Waals surface area contributed by atoms with Gasteiger partial charge in [0.1, 0.15) is 15.5 Å². The molecular weight excluding hydrogens is 434 g/mol. The van der Waals surface area contributed by atoms with E-state index in [1.54, 1.807) is 46.0 Å². The van der Waals surface area contributed by atoms with Gasteiger partial charge in [-0.25, -0.2) is 9.78 Å². The molecule has 0 bridgehead atoms. The lowest BCUT2D eigenvalue weighted by atomic mass is 10.0. The average Bonchev–Trinajstić information content (AvgIpc) is 3.13. The van der Waals surface area contributed by atoms with Crippen molar-refractivity contribution in [3.05, 3.63) is 50.9 Å². The number of thiophene rings is 1. The molecule has 0 saturated carbocycles. The summed E-state index contributed by atoms with van der Waals surface area (Å²) in [6.45, 7) is 5.15. The normalized spacial score (nSPS) is 14.1. The molecule has 1 aromatic carbocycles. The van der Waals surface area contributed by atoms with Crippen LogP contribution in [-0.4, -0.2) is 47.5 Å². The van der Waals surface area contributed by atoms with Crippen LogP contribution in [0.4, 0.5) is 5.69 Å². The maximum atomic E-state index is 13.2. The molecule has 1 amide bonds. The summed E-state index contributed by atoms with van der Waals surface area (Å²) in [5.74, 6) is -0.526. The summed E-state index contributed by atoms with van der Waals surface area (Å²) in [4.78, 5) is 57.0. The molecule has 0 N–H and O–H groups in total. The van der Waals surface area contributed by atoms with E-state index in [9.17, 15) is 19.2 Å². The van der Waals surface area contributed by atoms with Gasteiger partial charge < -0.3 is 14.4 Å². The number of hydrogen-bond donors (Lipinski definition) is 0. The van der Waals surface area contributed by atoms with Crippen molar-refractivity contribution in [2.24, 2.45) is 0 Å². The van der Waals surface area contributed by atoms with E-state index < -0.39 is 17.6 Å². The second-order valence-electron chi connectivity index (χ2n) is 7.38. The number of rotatable bonds is 5. The fourth-order valence-electron chi connectivity index (χ4n) is 3.60. The van der Waals surface area contributed by atoms with Crippen molar-refractivity contribution >= 4 is 44.9 Å². The van der Waals surface area contributed by atoms with E-state index in [2.05, 4.69) is 4.98 Å². The summed E-state index contributed by atoms with van der Waals surface area (Å²) < 4.78 is 11.7. The molecule has 0 fully saturated rings. The first-order valence-electron chi connectivity index (χ1n) is 9.99. The number of amides is 1. The summed E-state index contributed by atoms with van der Waals surface area (Å²) in [5.41, 5.74) is 0.908.